The van der Waals surface area contributed by atoms with E-state index >= 15 is 0 Å². The van der Waals surface area contributed by atoms with Gasteiger partial charge in [0.15, 0.2) is 5.82 Å². The molecule has 0 aliphatic rings. The molecule has 0 bridgehead atoms. The van der Waals surface area contributed by atoms with Crippen LogP contribution in [0.2, 0.25) is 0 Å². The number of fused-ring (bicyclic) bond motifs is 1. The van der Waals surface area contributed by atoms with Crippen molar-refractivity contribution in [3.63, 3.8) is 0 Å². The third-order valence-electron chi connectivity index (χ3n) is 3.26. The highest BCUT2D eigenvalue weighted by Crippen LogP contribution is 2.15. The van der Waals surface area contributed by atoms with E-state index < -0.39 is 0 Å². The lowest BCUT2D eigenvalue weighted by Gasteiger charge is -2.06. The predicted octanol–water partition coefficient (Wildman–Crippen LogP) is 2.48. The molecule has 3 aromatic rings. The Kier molecular flexibility index (Phi) is 4.24. The number of amides is 1. The summed E-state index contributed by atoms with van der Waals surface area (Å²) in [6, 6.07) is 6.94. The largest absolute Gasteiger partial charge is 0.360 e. The maximum atomic E-state index is 12.4. The van der Waals surface area contributed by atoms with Gasteiger partial charge in [-0.15, -0.1) is 0 Å². The molecule has 1 aromatic carbocycles. The van der Waals surface area contributed by atoms with Gasteiger partial charge in [0.1, 0.15) is 5.76 Å². The Morgan fingerprint density at radius 1 is 1.39 bits per heavy atom. The molecule has 0 radical (unpaired) electrons. The number of aryl methyl sites for hydroxylation is 2. The van der Waals surface area contributed by atoms with Crippen molar-refractivity contribution >= 4 is 38.6 Å². The van der Waals surface area contributed by atoms with Gasteiger partial charge in [-0.3, -0.25) is 14.2 Å². The molecule has 2 aromatic heterocycles. The SMILES string of the molecule is Cc1cc(NC(=O)CCn2cnc3ccc(Br)cc3c2=O)no1. The normalized spacial score (nSPS) is 10.9. The van der Waals surface area contributed by atoms with Crippen molar-refractivity contribution in [1.29, 1.82) is 0 Å². The summed E-state index contributed by atoms with van der Waals surface area (Å²) in [6.45, 7) is 1.97. The lowest BCUT2D eigenvalue weighted by atomic mass is 10.2. The Labute approximate surface area is 139 Å². The highest BCUT2D eigenvalue weighted by molar-refractivity contribution is 9.10. The van der Waals surface area contributed by atoms with Crippen LogP contribution < -0.4 is 10.9 Å². The molecule has 0 atom stereocenters. The van der Waals surface area contributed by atoms with Gasteiger partial charge in [0.2, 0.25) is 5.91 Å². The van der Waals surface area contributed by atoms with E-state index in [0.717, 1.165) is 4.47 Å². The number of anilines is 1. The average molecular weight is 377 g/mol. The van der Waals surface area contributed by atoms with Gasteiger partial charge < -0.3 is 9.84 Å². The Hall–Kier alpha value is -2.48. The van der Waals surface area contributed by atoms with Crippen molar-refractivity contribution in [3.05, 3.63) is 51.2 Å². The van der Waals surface area contributed by atoms with Gasteiger partial charge >= 0.3 is 0 Å². The van der Waals surface area contributed by atoms with Crippen molar-refractivity contribution in [2.45, 2.75) is 19.9 Å². The topological polar surface area (TPSA) is 90.0 Å². The molecule has 118 valence electrons. The fourth-order valence-corrected chi connectivity index (χ4v) is 2.50. The lowest BCUT2D eigenvalue weighted by Crippen LogP contribution is -2.23. The molecule has 0 saturated carbocycles. The van der Waals surface area contributed by atoms with E-state index in [1.54, 1.807) is 25.1 Å². The molecule has 0 fully saturated rings. The van der Waals surface area contributed by atoms with E-state index in [1.807, 2.05) is 6.07 Å². The summed E-state index contributed by atoms with van der Waals surface area (Å²) in [4.78, 5) is 28.5. The van der Waals surface area contributed by atoms with Crippen molar-refractivity contribution in [2.75, 3.05) is 5.32 Å². The van der Waals surface area contributed by atoms with Crippen LogP contribution >= 0.6 is 15.9 Å². The van der Waals surface area contributed by atoms with E-state index in [4.69, 9.17) is 4.52 Å². The summed E-state index contributed by atoms with van der Waals surface area (Å²) in [5.74, 6) is 0.723. The van der Waals surface area contributed by atoms with Crippen molar-refractivity contribution in [2.24, 2.45) is 0 Å². The van der Waals surface area contributed by atoms with Gasteiger partial charge in [-0.05, 0) is 25.1 Å². The van der Waals surface area contributed by atoms with Crippen LogP contribution in [0.1, 0.15) is 12.2 Å². The summed E-state index contributed by atoms with van der Waals surface area (Å²) in [6.07, 6.45) is 1.58. The standard InChI is InChI=1S/C15H13BrN4O3/c1-9-6-13(19-23-9)18-14(21)4-5-20-8-17-12-3-2-10(16)7-11(12)15(20)22/h2-3,6-8H,4-5H2,1H3,(H,18,19,21). The minimum absolute atomic E-state index is 0.132. The average Bonchev–Trinajstić information content (AvgIpc) is 2.92. The first kappa shape index (κ1) is 15.4. The van der Waals surface area contributed by atoms with Gasteiger partial charge in [0.05, 0.1) is 17.2 Å². The molecule has 3 rings (SSSR count). The number of nitrogens with zero attached hydrogens (tertiary/aromatic N) is 3. The minimum atomic E-state index is -0.250. The van der Waals surface area contributed by atoms with Crippen molar-refractivity contribution in [1.82, 2.24) is 14.7 Å². The van der Waals surface area contributed by atoms with Gasteiger partial charge in [0.25, 0.3) is 5.56 Å². The van der Waals surface area contributed by atoms with Crippen LogP contribution in [0.25, 0.3) is 10.9 Å². The first-order valence-electron chi connectivity index (χ1n) is 6.91. The fourth-order valence-electron chi connectivity index (χ4n) is 2.14. The van der Waals surface area contributed by atoms with Crippen LogP contribution in [0.4, 0.5) is 5.82 Å². The van der Waals surface area contributed by atoms with E-state index in [2.05, 4.69) is 31.4 Å². The van der Waals surface area contributed by atoms with Crippen LogP contribution in [-0.2, 0) is 11.3 Å². The van der Waals surface area contributed by atoms with Crippen LogP contribution in [0, 0.1) is 6.92 Å². The maximum absolute atomic E-state index is 12.4. The molecule has 7 nitrogen and oxygen atoms in total. The van der Waals surface area contributed by atoms with Crippen molar-refractivity contribution in [3.8, 4) is 0 Å². The summed E-state index contributed by atoms with van der Waals surface area (Å²) >= 11 is 3.34. The molecule has 0 aliphatic carbocycles. The highest BCUT2D eigenvalue weighted by Gasteiger charge is 2.09. The number of benzene rings is 1. The smallest absolute Gasteiger partial charge is 0.261 e. The second-order valence-corrected chi connectivity index (χ2v) is 5.94. The molecule has 0 unspecified atom stereocenters. The molecule has 0 saturated heterocycles. The summed E-state index contributed by atoms with van der Waals surface area (Å²) < 4.78 is 7.10. The number of carbonyl (C=O) groups excluding carboxylic acids is 1. The molecule has 0 spiro atoms. The lowest BCUT2D eigenvalue weighted by molar-refractivity contribution is -0.116. The molecular weight excluding hydrogens is 364 g/mol. The number of carbonyl (C=O) groups is 1. The van der Waals surface area contributed by atoms with Crippen molar-refractivity contribution < 1.29 is 9.32 Å². The zero-order valence-electron chi connectivity index (χ0n) is 12.2. The number of hydrogen-bond acceptors (Lipinski definition) is 5. The zero-order chi connectivity index (χ0) is 16.4. The summed E-state index contributed by atoms with van der Waals surface area (Å²) in [5, 5.41) is 6.81. The van der Waals surface area contributed by atoms with Gasteiger partial charge in [-0.25, -0.2) is 4.98 Å². The minimum Gasteiger partial charge on any atom is -0.360 e. The van der Waals surface area contributed by atoms with Crippen LogP contribution in [0.5, 0.6) is 0 Å². The molecular formula is C15H13BrN4O3. The summed E-state index contributed by atoms with van der Waals surface area (Å²) in [5.41, 5.74) is 0.443. The number of hydrogen-bond donors (Lipinski definition) is 1. The highest BCUT2D eigenvalue weighted by atomic mass is 79.9. The monoisotopic (exact) mass is 376 g/mol. The molecule has 2 heterocycles. The number of aromatic nitrogens is 3. The zero-order valence-corrected chi connectivity index (χ0v) is 13.8. The quantitative estimate of drug-likeness (QED) is 0.755. The van der Waals surface area contributed by atoms with Gasteiger partial charge in [-0.2, -0.15) is 0 Å². The number of nitrogens with one attached hydrogen (secondary N) is 1. The molecule has 23 heavy (non-hydrogen) atoms. The Bertz CT molecular complexity index is 932. The second-order valence-electron chi connectivity index (χ2n) is 5.03. The molecule has 1 amide bonds. The third-order valence-corrected chi connectivity index (χ3v) is 3.75. The van der Waals surface area contributed by atoms with Crippen LogP contribution in [-0.4, -0.2) is 20.6 Å². The van der Waals surface area contributed by atoms with E-state index in [1.165, 1.54) is 10.9 Å². The predicted molar refractivity (Wildman–Crippen MR) is 88.2 cm³/mol. The summed E-state index contributed by atoms with van der Waals surface area (Å²) in [7, 11) is 0. The maximum Gasteiger partial charge on any atom is 0.261 e. The van der Waals surface area contributed by atoms with Gasteiger partial charge in [-0.1, -0.05) is 21.1 Å². The molecule has 1 N–H and O–H groups in total. The number of halogens is 1. The first-order chi connectivity index (χ1) is 11.0. The Morgan fingerprint density at radius 2 is 2.22 bits per heavy atom. The molecule has 0 aliphatic heterocycles. The third kappa shape index (κ3) is 3.48. The fraction of sp³-hybridized carbons (Fsp3) is 0.200. The van der Waals surface area contributed by atoms with Gasteiger partial charge in [0, 0.05) is 23.5 Å². The van der Waals surface area contributed by atoms with Crippen LogP contribution in [0.3, 0.4) is 0 Å². The molecule has 8 heteroatoms. The Morgan fingerprint density at radius 3 is 2.96 bits per heavy atom. The Balaban J connectivity index is 1.73. The second kappa shape index (κ2) is 6.33. The van der Waals surface area contributed by atoms with E-state index in [0.29, 0.717) is 22.5 Å². The van der Waals surface area contributed by atoms with E-state index in [9.17, 15) is 9.59 Å². The first-order valence-corrected chi connectivity index (χ1v) is 7.70. The van der Waals surface area contributed by atoms with Crippen LogP contribution in [0.15, 0.2) is 44.4 Å². The number of rotatable bonds is 4. The van der Waals surface area contributed by atoms with E-state index in [-0.39, 0.29) is 24.4 Å².